The molecule has 0 aliphatic rings. The predicted octanol–water partition coefficient (Wildman–Crippen LogP) is 1.15. The number of amides is 1. The van der Waals surface area contributed by atoms with Crippen molar-refractivity contribution in [2.24, 2.45) is 5.73 Å². The maximum Gasteiger partial charge on any atom is 0.260 e. The Hall–Kier alpha value is -0.680. The highest BCUT2D eigenvalue weighted by molar-refractivity contribution is 8.00. The number of thioether (sulfide) groups is 1. The molecule has 60 valence electrons. The molecule has 0 spiro atoms. The van der Waals surface area contributed by atoms with Gasteiger partial charge in [-0.05, 0) is 12.3 Å². The molecule has 5 heteroatoms. The Morgan fingerprint density at radius 1 is 1.73 bits per heavy atom. The molecule has 1 aromatic heterocycles. The zero-order valence-electron chi connectivity index (χ0n) is 5.96. The van der Waals surface area contributed by atoms with Gasteiger partial charge in [-0.2, -0.15) is 0 Å². The summed E-state index contributed by atoms with van der Waals surface area (Å²) in [6, 6.07) is 1.76. The molecular formula is C6H8N2OS2. The first kappa shape index (κ1) is 8.42. The average molecular weight is 188 g/mol. The Kier molecular flexibility index (Phi) is 2.41. The van der Waals surface area contributed by atoms with Crippen molar-refractivity contribution >= 4 is 34.7 Å². The number of primary amides is 1. The van der Waals surface area contributed by atoms with Gasteiger partial charge in [-0.25, -0.2) is 0 Å². The topological polar surface area (TPSA) is 69.1 Å². The van der Waals surface area contributed by atoms with Crippen LogP contribution in [0.3, 0.4) is 0 Å². The van der Waals surface area contributed by atoms with Crippen LogP contribution in [-0.4, -0.2) is 12.2 Å². The van der Waals surface area contributed by atoms with Crippen LogP contribution in [0.5, 0.6) is 0 Å². The molecule has 0 radical (unpaired) electrons. The second-order valence-electron chi connectivity index (χ2n) is 1.92. The van der Waals surface area contributed by atoms with Crippen LogP contribution < -0.4 is 11.5 Å². The van der Waals surface area contributed by atoms with Gasteiger partial charge >= 0.3 is 0 Å². The fourth-order valence-corrected chi connectivity index (χ4v) is 2.17. The molecule has 0 aromatic carbocycles. The number of anilines is 1. The highest BCUT2D eigenvalue weighted by atomic mass is 32.2. The van der Waals surface area contributed by atoms with Crippen LogP contribution >= 0.6 is 23.1 Å². The molecule has 1 amide bonds. The molecule has 0 fully saturated rings. The van der Waals surface area contributed by atoms with Crippen LogP contribution in [0.1, 0.15) is 9.67 Å². The van der Waals surface area contributed by atoms with E-state index in [1.165, 1.54) is 11.3 Å². The normalized spacial score (nSPS) is 9.91. The number of hydrogen-bond acceptors (Lipinski definition) is 4. The minimum absolute atomic E-state index is 0.451. The number of nitrogen functional groups attached to an aromatic ring is 1. The SMILES string of the molecule is CSc1cc(N)c(C(N)=O)s1. The van der Waals surface area contributed by atoms with Crippen molar-refractivity contribution in [2.75, 3.05) is 12.0 Å². The molecule has 0 saturated carbocycles. The lowest BCUT2D eigenvalue weighted by molar-refractivity contribution is 0.100. The van der Waals surface area contributed by atoms with Gasteiger partial charge in [0.2, 0.25) is 0 Å². The van der Waals surface area contributed by atoms with Crippen molar-refractivity contribution in [2.45, 2.75) is 4.21 Å². The largest absolute Gasteiger partial charge is 0.397 e. The van der Waals surface area contributed by atoms with Crippen LogP contribution in [0.15, 0.2) is 10.3 Å². The van der Waals surface area contributed by atoms with Gasteiger partial charge in [0.15, 0.2) is 0 Å². The van der Waals surface area contributed by atoms with E-state index in [2.05, 4.69) is 0 Å². The Labute approximate surface area is 72.8 Å². The third kappa shape index (κ3) is 1.66. The van der Waals surface area contributed by atoms with Crippen molar-refractivity contribution < 1.29 is 4.79 Å². The monoisotopic (exact) mass is 188 g/mol. The number of hydrogen-bond donors (Lipinski definition) is 2. The zero-order chi connectivity index (χ0) is 8.43. The number of thiophene rings is 1. The van der Waals surface area contributed by atoms with Crippen LogP contribution in [-0.2, 0) is 0 Å². The lowest BCUT2D eigenvalue weighted by atomic mass is 10.4. The summed E-state index contributed by atoms with van der Waals surface area (Å²) >= 11 is 2.88. The van der Waals surface area contributed by atoms with Crippen LogP contribution in [0.4, 0.5) is 5.69 Å². The summed E-state index contributed by atoms with van der Waals surface area (Å²) in [5.74, 6) is -0.451. The summed E-state index contributed by atoms with van der Waals surface area (Å²) in [7, 11) is 0. The van der Waals surface area contributed by atoms with Crippen molar-refractivity contribution in [3.63, 3.8) is 0 Å². The molecule has 0 aliphatic heterocycles. The van der Waals surface area contributed by atoms with E-state index in [1.54, 1.807) is 17.8 Å². The van der Waals surface area contributed by atoms with Gasteiger partial charge in [0.1, 0.15) is 4.88 Å². The Morgan fingerprint density at radius 3 is 2.64 bits per heavy atom. The van der Waals surface area contributed by atoms with Crippen LogP contribution in [0.2, 0.25) is 0 Å². The molecule has 0 bridgehead atoms. The first-order chi connectivity index (χ1) is 5.15. The fourth-order valence-electron chi connectivity index (χ4n) is 0.675. The van der Waals surface area contributed by atoms with E-state index in [-0.39, 0.29) is 0 Å². The van der Waals surface area contributed by atoms with Gasteiger partial charge in [-0.3, -0.25) is 4.79 Å². The molecule has 0 saturated heterocycles. The van der Waals surface area contributed by atoms with E-state index in [9.17, 15) is 4.79 Å². The van der Waals surface area contributed by atoms with Crippen molar-refractivity contribution in [3.05, 3.63) is 10.9 Å². The number of rotatable bonds is 2. The number of carbonyl (C=O) groups is 1. The summed E-state index contributed by atoms with van der Waals surface area (Å²) in [4.78, 5) is 11.1. The first-order valence-corrected chi connectivity index (χ1v) is 4.92. The van der Waals surface area contributed by atoms with Gasteiger partial charge in [0, 0.05) is 0 Å². The van der Waals surface area contributed by atoms with E-state index in [0.29, 0.717) is 10.6 Å². The number of carbonyl (C=O) groups excluding carboxylic acids is 1. The van der Waals surface area contributed by atoms with Crippen molar-refractivity contribution in [1.29, 1.82) is 0 Å². The second-order valence-corrected chi connectivity index (χ2v) is 4.08. The molecule has 0 unspecified atom stereocenters. The highest BCUT2D eigenvalue weighted by Gasteiger charge is 2.09. The first-order valence-electron chi connectivity index (χ1n) is 2.88. The fraction of sp³-hybridized carbons (Fsp3) is 0.167. The third-order valence-electron chi connectivity index (χ3n) is 1.16. The number of nitrogens with two attached hydrogens (primary N) is 2. The molecule has 1 rings (SSSR count). The quantitative estimate of drug-likeness (QED) is 0.684. The predicted molar refractivity (Wildman–Crippen MR) is 49.0 cm³/mol. The molecule has 4 N–H and O–H groups in total. The van der Waals surface area contributed by atoms with E-state index in [4.69, 9.17) is 11.5 Å². The van der Waals surface area contributed by atoms with Crippen molar-refractivity contribution in [3.8, 4) is 0 Å². The summed E-state index contributed by atoms with van der Waals surface area (Å²) in [5.41, 5.74) is 11.1. The minimum Gasteiger partial charge on any atom is -0.397 e. The lowest BCUT2D eigenvalue weighted by Gasteiger charge is -1.88. The summed E-state index contributed by atoms with van der Waals surface area (Å²) < 4.78 is 1.01. The molecule has 1 aromatic rings. The molecule has 11 heavy (non-hydrogen) atoms. The maximum absolute atomic E-state index is 10.7. The second kappa shape index (κ2) is 3.15. The van der Waals surface area contributed by atoms with Gasteiger partial charge in [-0.15, -0.1) is 23.1 Å². The molecule has 3 nitrogen and oxygen atoms in total. The summed E-state index contributed by atoms with van der Waals surface area (Å²) in [5, 5.41) is 0. The lowest BCUT2D eigenvalue weighted by Crippen LogP contribution is -2.10. The summed E-state index contributed by atoms with van der Waals surface area (Å²) in [6.07, 6.45) is 1.93. The van der Waals surface area contributed by atoms with Gasteiger partial charge in [-0.1, -0.05) is 0 Å². The van der Waals surface area contributed by atoms with Crippen LogP contribution in [0, 0.1) is 0 Å². The van der Waals surface area contributed by atoms with Gasteiger partial charge in [0.25, 0.3) is 5.91 Å². The highest BCUT2D eigenvalue weighted by Crippen LogP contribution is 2.30. The van der Waals surface area contributed by atoms with Crippen LogP contribution in [0.25, 0.3) is 0 Å². The standard InChI is InChI=1S/C6H8N2OS2/c1-10-4-2-3(7)5(11-4)6(8)9/h2H,7H2,1H3,(H2,8,9). The van der Waals surface area contributed by atoms with E-state index < -0.39 is 5.91 Å². The average Bonchev–Trinajstić information content (AvgIpc) is 2.30. The maximum atomic E-state index is 10.7. The van der Waals surface area contributed by atoms with Crippen molar-refractivity contribution in [1.82, 2.24) is 0 Å². The Morgan fingerprint density at radius 2 is 2.36 bits per heavy atom. The third-order valence-corrected chi connectivity index (χ3v) is 3.39. The molecule has 0 atom stereocenters. The Bertz CT molecular complexity index is 282. The zero-order valence-corrected chi connectivity index (χ0v) is 7.59. The summed E-state index contributed by atoms with van der Waals surface area (Å²) in [6.45, 7) is 0. The van der Waals surface area contributed by atoms with E-state index >= 15 is 0 Å². The van der Waals surface area contributed by atoms with E-state index in [0.717, 1.165) is 4.21 Å². The molecule has 1 heterocycles. The van der Waals surface area contributed by atoms with Gasteiger partial charge < -0.3 is 11.5 Å². The van der Waals surface area contributed by atoms with E-state index in [1.807, 2.05) is 6.26 Å². The molecular weight excluding hydrogens is 180 g/mol. The van der Waals surface area contributed by atoms with Gasteiger partial charge in [0.05, 0.1) is 9.90 Å². The smallest absolute Gasteiger partial charge is 0.260 e. The Balaban J connectivity index is 3.07. The minimum atomic E-state index is -0.451. The molecule has 0 aliphatic carbocycles.